The highest BCUT2D eigenvalue weighted by molar-refractivity contribution is 6.09. The molecule has 2 N–H and O–H groups in total. The number of carbonyl (C=O) groups excluding carboxylic acids is 3. The van der Waals surface area contributed by atoms with E-state index in [0.29, 0.717) is 29.2 Å². The number of rotatable bonds is 7. The Morgan fingerprint density at radius 3 is 2.59 bits per heavy atom. The number of nitrogens with two attached hydrogens (primary N) is 1. The van der Waals surface area contributed by atoms with Gasteiger partial charge in [0.1, 0.15) is 5.69 Å². The molecule has 0 bridgehead atoms. The summed E-state index contributed by atoms with van der Waals surface area (Å²) < 4.78 is 52.9. The average Bonchev–Trinajstić information content (AvgIpc) is 3.60. The van der Waals surface area contributed by atoms with Gasteiger partial charge in [-0.25, -0.2) is 9.59 Å². The molecule has 3 unspecified atom stereocenters. The van der Waals surface area contributed by atoms with Gasteiger partial charge >= 0.3 is 18.1 Å². The zero-order valence-electron chi connectivity index (χ0n) is 22.4. The molecular formula is C28H29F3N4O6. The topological polar surface area (TPSA) is 116 Å². The van der Waals surface area contributed by atoms with Gasteiger partial charge in [0.2, 0.25) is 0 Å². The molecule has 1 fully saturated rings. The number of alkyl halides is 3. The van der Waals surface area contributed by atoms with Gasteiger partial charge in [0.05, 0.1) is 24.5 Å². The number of nitrogens with zero attached hydrogens (tertiary/aromatic N) is 3. The molecule has 2 aromatic carbocycles. The van der Waals surface area contributed by atoms with Crippen LogP contribution in [0.1, 0.15) is 41.7 Å². The Balaban J connectivity index is 1.71. The normalized spacial score (nSPS) is 19.8. The number of esters is 1. The van der Waals surface area contributed by atoms with Crippen LogP contribution in [0, 0.1) is 0 Å². The summed E-state index contributed by atoms with van der Waals surface area (Å²) in [5.74, 6) is -3.91. The van der Waals surface area contributed by atoms with Crippen LogP contribution in [0.4, 0.5) is 24.5 Å². The lowest BCUT2D eigenvalue weighted by molar-refractivity contribution is -0.202. The molecule has 10 nitrogen and oxygen atoms in total. The fourth-order valence-electron chi connectivity index (χ4n) is 5.35. The number of ether oxygens (including phenoxy) is 2. The molecule has 2 aliphatic rings. The maximum Gasteiger partial charge on any atom is 0.493 e. The van der Waals surface area contributed by atoms with Gasteiger partial charge in [-0.15, -0.1) is 0 Å². The molecule has 1 amide bonds. The number of hydrogen-bond acceptors (Lipinski definition) is 8. The third kappa shape index (κ3) is 5.22. The van der Waals surface area contributed by atoms with Crippen LogP contribution < -0.4 is 15.7 Å². The van der Waals surface area contributed by atoms with Crippen molar-refractivity contribution in [1.82, 2.24) is 4.57 Å². The Morgan fingerprint density at radius 2 is 1.93 bits per heavy atom. The number of hydrogen-bond donors (Lipinski definition) is 1. The zero-order valence-corrected chi connectivity index (χ0v) is 22.4. The van der Waals surface area contributed by atoms with Crippen molar-refractivity contribution in [3.63, 3.8) is 0 Å². The van der Waals surface area contributed by atoms with Gasteiger partial charge in [-0.1, -0.05) is 18.2 Å². The predicted molar refractivity (Wildman–Crippen MR) is 142 cm³/mol. The minimum Gasteiger partial charge on any atom is -0.465 e. The van der Waals surface area contributed by atoms with E-state index < -0.39 is 36.1 Å². The van der Waals surface area contributed by atoms with E-state index in [2.05, 4.69) is 0 Å². The molecule has 3 heterocycles. The van der Waals surface area contributed by atoms with E-state index in [-0.39, 0.29) is 29.6 Å². The van der Waals surface area contributed by atoms with Gasteiger partial charge in [-0.3, -0.25) is 4.79 Å². The van der Waals surface area contributed by atoms with Gasteiger partial charge in [0.25, 0.3) is 5.91 Å². The fraction of sp³-hybridized carbons (Fsp3) is 0.393. The molecule has 0 radical (unpaired) electrons. The summed E-state index contributed by atoms with van der Waals surface area (Å²) in [6, 6.07) is 8.96. The summed E-state index contributed by atoms with van der Waals surface area (Å²) in [6.45, 7) is 2.77. The van der Waals surface area contributed by atoms with E-state index in [4.69, 9.17) is 20.0 Å². The molecule has 218 valence electrons. The predicted octanol–water partition coefficient (Wildman–Crippen LogP) is 3.87. The van der Waals surface area contributed by atoms with E-state index >= 15 is 0 Å². The number of aromatic nitrogens is 1. The van der Waals surface area contributed by atoms with Crippen molar-refractivity contribution in [1.29, 1.82) is 0 Å². The van der Waals surface area contributed by atoms with E-state index in [1.54, 1.807) is 25.3 Å². The van der Waals surface area contributed by atoms with Crippen molar-refractivity contribution in [2.75, 3.05) is 30.2 Å². The van der Waals surface area contributed by atoms with E-state index in [1.807, 2.05) is 16.7 Å². The van der Waals surface area contributed by atoms with Crippen molar-refractivity contribution >= 4 is 40.1 Å². The third-order valence-corrected chi connectivity index (χ3v) is 7.33. The fourth-order valence-corrected chi connectivity index (χ4v) is 5.35. The quantitative estimate of drug-likeness (QED) is 0.423. The van der Waals surface area contributed by atoms with Crippen LogP contribution in [-0.4, -0.2) is 61.0 Å². The summed E-state index contributed by atoms with van der Waals surface area (Å²) in [5, 5.41) is 1.26. The Bertz CT molecular complexity index is 1480. The van der Waals surface area contributed by atoms with Crippen molar-refractivity contribution < 1.29 is 41.9 Å². The average molecular weight is 575 g/mol. The third-order valence-electron chi connectivity index (χ3n) is 7.33. The molecular weight excluding hydrogens is 545 g/mol. The molecule has 1 aromatic heterocycles. The second kappa shape index (κ2) is 11.1. The number of para-hydroxylation sites is 1. The number of fused-ring (bicyclic) bond motifs is 2. The summed E-state index contributed by atoms with van der Waals surface area (Å²) in [6.07, 6.45) is -1.96. The number of methoxy groups -OCH3 is 1. The highest BCUT2D eigenvalue weighted by Crippen LogP contribution is 2.46. The first-order valence-corrected chi connectivity index (χ1v) is 13.1. The Labute approximate surface area is 233 Å². The number of anilines is 2. The largest absolute Gasteiger partial charge is 0.493 e. The summed E-state index contributed by atoms with van der Waals surface area (Å²) in [7, 11) is 1.17. The summed E-state index contributed by atoms with van der Waals surface area (Å²) >= 11 is 0. The molecule has 3 aromatic rings. The molecule has 0 spiro atoms. The number of halogens is 3. The second-order valence-corrected chi connectivity index (χ2v) is 9.98. The summed E-state index contributed by atoms with van der Waals surface area (Å²) in [5.41, 5.74) is 7.06. The number of benzene rings is 2. The standard InChI is InChI=1S/C28H29F3N4O6/c1-16(13-32)34-23-12-17(26(37)39-2)9-10-22(23)35(41-27(38)28(29,30)31)24(25(34)36)20-15-33(14-18-6-5-11-40-18)21-8-4-3-7-19(20)21/h3-4,7-10,12,15-16,18,24H,5-6,11,13-14,32H2,1-2H3. The van der Waals surface area contributed by atoms with Gasteiger partial charge in [-0.05, 0) is 44.0 Å². The smallest absolute Gasteiger partial charge is 0.465 e. The molecule has 3 atom stereocenters. The number of amides is 1. The summed E-state index contributed by atoms with van der Waals surface area (Å²) in [4.78, 5) is 45.0. The molecule has 13 heteroatoms. The minimum atomic E-state index is -5.34. The van der Waals surface area contributed by atoms with Gasteiger partial charge in [0, 0.05) is 48.4 Å². The van der Waals surface area contributed by atoms with Gasteiger partial charge in [-0.2, -0.15) is 18.2 Å². The first kappa shape index (κ1) is 28.4. The number of hydroxylamine groups is 1. The van der Waals surface area contributed by atoms with Crippen LogP contribution in [0.15, 0.2) is 48.7 Å². The molecule has 5 rings (SSSR count). The lowest BCUT2D eigenvalue weighted by atomic mass is 9.98. The Morgan fingerprint density at radius 1 is 1.17 bits per heavy atom. The molecule has 0 aliphatic carbocycles. The van der Waals surface area contributed by atoms with Crippen LogP contribution in [0.3, 0.4) is 0 Å². The van der Waals surface area contributed by atoms with Crippen molar-refractivity contribution in [2.45, 2.75) is 50.7 Å². The SMILES string of the molecule is COC(=O)c1ccc2c(c1)N(C(C)CN)C(=O)C(c1cn(CC3CCCO3)c3ccccc13)N2OC(=O)C(F)(F)F. The van der Waals surface area contributed by atoms with Gasteiger partial charge in [0.15, 0.2) is 6.04 Å². The van der Waals surface area contributed by atoms with Crippen LogP contribution in [0.5, 0.6) is 0 Å². The highest BCUT2D eigenvalue weighted by atomic mass is 19.4. The maximum absolute atomic E-state index is 14.3. The second-order valence-electron chi connectivity index (χ2n) is 9.98. The molecule has 0 saturated carbocycles. The first-order chi connectivity index (χ1) is 19.5. The van der Waals surface area contributed by atoms with Crippen LogP contribution in [0.25, 0.3) is 10.9 Å². The van der Waals surface area contributed by atoms with Crippen molar-refractivity contribution in [2.24, 2.45) is 5.73 Å². The van der Waals surface area contributed by atoms with Gasteiger partial charge < -0.3 is 29.5 Å². The molecule has 41 heavy (non-hydrogen) atoms. The highest BCUT2D eigenvalue weighted by Gasteiger charge is 2.49. The lowest BCUT2D eigenvalue weighted by Crippen LogP contribution is -2.54. The van der Waals surface area contributed by atoms with Crippen LogP contribution in [-0.2, 0) is 30.4 Å². The van der Waals surface area contributed by atoms with E-state index in [1.165, 1.54) is 30.2 Å². The maximum atomic E-state index is 14.3. The lowest BCUT2D eigenvalue weighted by Gasteiger charge is -2.43. The Hall–Kier alpha value is -4.10. The molecule has 2 aliphatic heterocycles. The van der Waals surface area contributed by atoms with E-state index in [9.17, 15) is 27.6 Å². The zero-order chi connectivity index (χ0) is 29.5. The minimum absolute atomic E-state index is 0.00344. The van der Waals surface area contributed by atoms with Crippen LogP contribution >= 0.6 is 0 Å². The Kier molecular flexibility index (Phi) is 7.66. The van der Waals surface area contributed by atoms with E-state index in [0.717, 1.165) is 18.4 Å². The molecule has 1 saturated heterocycles. The van der Waals surface area contributed by atoms with Crippen molar-refractivity contribution in [3.05, 3.63) is 59.8 Å². The monoisotopic (exact) mass is 574 g/mol. The number of carbonyl (C=O) groups is 3. The van der Waals surface area contributed by atoms with Crippen LogP contribution in [0.2, 0.25) is 0 Å². The van der Waals surface area contributed by atoms with Crippen molar-refractivity contribution in [3.8, 4) is 0 Å². The first-order valence-electron chi connectivity index (χ1n) is 13.1.